The third kappa shape index (κ3) is 1.60. The lowest BCUT2D eigenvalue weighted by Crippen LogP contribution is -2.32. The maximum Gasteiger partial charge on any atom is 0.237 e. The fraction of sp³-hybridized carbons (Fsp3) is 0.273. The van der Waals surface area contributed by atoms with Gasteiger partial charge in [-0.3, -0.25) is 14.9 Å². The molecule has 0 spiro atoms. The summed E-state index contributed by atoms with van der Waals surface area (Å²) in [5, 5.41) is 2.99. The van der Waals surface area contributed by atoms with E-state index in [4.69, 9.17) is 23.2 Å². The molecule has 16 heavy (non-hydrogen) atoms. The van der Waals surface area contributed by atoms with E-state index in [-0.39, 0.29) is 18.2 Å². The van der Waals surface area contributed by atoms with E-state index >= 15 is 0 Å². The molecular formula is C11H9Cl2NO2. The minimum Gasteiger partial charge on any atom is -0.296 e. The minimum atomic E-state index is -0.918. The van der Waals surface area contributed by atoms with Gasteiger partial charge in [-0.1, -0.05) is 35.3 Å². The maximum atomic E-state index is 11.7. The number of carbonyl (C=O) groups is 2. The van der Waals surface area contributed by atoms with E-state index in [9.17, 15) is 9.59 Å². The first-order chi connectivity index (χ1) is 7.45. The standard InChI is InChI=1S/C11H9Cl2NO2/c1-11(5-8(15)14-10(11)16)6-3-2-4-7(12)9(6)13/h2-4H,5H2,1H3,(H,14,15,16). The number of amides is 2. The predicted molar refractivity (Wildman–Crippen MR) is 61.6 cm³/mol. The van der Waals surface area contributed by atoms with Gasteiger partial charge < -0.3 is 0 Å². The van der Waals surface area contributed by atoms with Gasteiger partial charge in [0.05, 0.1) is 15.5 Å². The van der Waals surface area contributed by atoms with Crippen molar-refractivity contribution in [3.05, 3.63) is 33.8 Å². The van der Waals surface area contributed by atoms with Crippen LogP contribution >= 0.6 is 23.2 Å². The molecule has 1 aliphatic heterocycles. The Morgan fingerprint density at radius 3 is 2.56 bits per heavy atom. The summed E-state index contributed by atoms with van der Waals surface area (Å²) in [6.07, 6.45) is 0.103. The average molecular weight is 258 g/mol. The van der Waals surface area contributed by atoms with Gasteiger partial charge >= 0.3 is 0 Å². The van der Waals surface area contributed by atoms with Crippen LogP contribution in [-0.4, -0.2) is 11.8 Å². The summed E-state index contributed by atoms with van der Waals surface area (Å²) in [4.78, 5) is 23.0. The van der Waals surface area contributed by atoms with Gasteiger partial charge in [0, 0.05) is 6.42 Å². The Hall–Kier alpha value is -1.06. The van der Waals surface area contributed by atoms with Crippen molar-refractivity contribution in [1.29, 1.82) is 0 Å². The molecule has 1 aromatic rings. The van der Waals surface area contributed by atoms with Crippen LogP contribution < -0.4 is 5.32 Å². The normalized spacial score (nSPS) is 24.7. The Morgan fingerprint density at radius 1 is 1.31 bits per heavy atom. The topological polar surface area (TPSA) is 46.2 Å². The molecule has 0 bridgehead atoms. The molecule has 1 aliphatic rings. The van der Waals surface area contributed by atoms with Crippen molar-refractivity contribution in [2.24, 2.45) is 0 Å². The molecule has 84 valence electrons. The molecule has 1 atom stereocenters. The second-order valence-corrected chi connectivity index (χ2v) is 4.77. The van der Waals surface area contributed by atoms with E-state index in [1.807, 2.05) is 0 Å². The molecular weight excluding hydrogens is 249 g/mol. The van der Waals surface area contributed by atoms with Crippen molar-refractivity contribution < 1.29 is 9.59 Å². The summed E-state index contributed by atoms with van der Waals surface area (Å²) in [5.74, 6) is -0.620. The second kappa shape index (κ2) is 3.75. The maximum absolute atomic E-state index is 11.7. The Balaban J connectivity index is 2.56. The fourth-order valence-electron chi connectivity index (χ4n) is 1.86. The highest BCUT2D eigenvalue weighted by Gasteiger charge is 2.45. The monoisotopic (exact) mass is 257 g/mol. The number of hydrogen-bond acceptors (Lipinski definition) is 2. The molecule has 1 fully saturated rings. The molecule has 2 rings (SSSR count). The van der Waals surface area contributed by atoms with Crippen LogP contribution in [0.15, 0.2) is 18.2 Å². The summed E-state index contributed by atoms with van der Waals surface area (Å²) < 4.78 is 0. The molecule has 0 radical (unpaired) electrons. The molecule has 1 saturated heterocycles. The van der Waals surface area contributed by atoms with Crippen LogP contribution in [0.3, 0.4) is 0 Å². The van der Waals surface area contributed by atoms with E-state index in [0.717, 1.165) is 0 Å². The first-order valence-corrected chi connectivity index (χ1v) is 5.49. The lowest BCUT2D eigenvalue weighted by Gasteiger charge is -2.21. The van der Waals surface area contributed by atoms with Crippen LogP contribution in [0.4, 0.5) is 0 Å². The van der Waals surface area contributed by atoms with E-state index < -0.39 is 5.41 Å². The number of hydrogen-bond donors (Lipinski definition) is 1. The largest absolute Gasteiger partial charge is 0.296 e. The molecule has 1 heterocycles. The zero-order chi connectivity index (χ0) is 11.9. The fourth-order valence-corrected chi connectivity index (χ4v) is 2.37. The Bertz CT molecular complexity index is 487. The first-order valence-electron chi connectivity index (χ1n) is 4.74. The highest BCUT2D eigenvalue weighted by atomic mass is 35.5. The van der Waals surface area contributed by atoms with Crippen molar-refractivity contribution in [2.45, 2.75) is 18.8 Å². The van der Waals surface area contributed by atoms with Crippen LogP contribution in [0.25, 0.3) is 0 Å². The molecule has 2 amide bonds. The van der Waals surface area contributed by atoms with Gasteiger partial charge in [0.2, 0.25) is 11.8 Å². The van der Waals surface area contributed by atoms with Crippen molar-refractivity contribution in [3.8, 4) is 0 Å². The van der Waals surface area contributed by atoms with Crippen LogP contribution in [0.2, 0.25) is 10.0 Å². The first kappa shape index (κ1) is 11.4. The molecule has 1 unspecified atom stereocenters. The highest BCUT2D eigenvalue weighted by molar-refractivity contribution is 6.42. The van der Waals surface area contributed by atoms with Crippen molar-refractivity contribution in [2.75, 3.05) is 0 Å². The van der Waals surface area contributed by atoms with E-state index in [2.05, 4.69) is 5.32 Å². The van der Waals surface area contributed by atoms with Crippen molar-refractivity contribution in [3.63, 3.8) is 0 Å². The van der Waals surface area contributed by atoms with Gasteiger partial charge in [-0.25, -0.2) is 0 Å². The van der Waals surface area contributed by atoms with Crippen molar-refractivity contribution in [1.82, 2.24) is 5.32 Å². The van der Waals surface area contributed by atoms with Gasteiger partial charge in [0.1, 0.15) is 0 Å². The minimum absolute atomic E-state index is 0.103. The van der Waals surface area contributed by atoms with Gasteiger partial charge in [-0.2, -0.15) is 0 Å². The molecule has 1 N–H and O–H groups in total. The quantitative estimate of drug-likeness (QED) is 0.785. The van der Waals surface area contributed by atoms with E-state index in [1.165, 1.54) is 0 Å². The molecule has 3 nitrogen and oxygen atoms in total. The molecule has 0 aromatic heterocycles. The van der Waals surface area contributed by atoms with Crippen LogP contribution in [0, 0.1) is 0 Å². The number of rotatable bonds is 1. The zero-order valence-corrected chi connectivity index (χ0v) is 10.0. The van der Waals surface area contributed by atoms with Crippen LogP contribution in [-0.2, 0) is 15.0 Å². The summed E-state index contributed by atoms with van der Waals surface area (Å²) in [7, 11) is 0. The lowest BCUT2D eigenvalue weighted by molar-refractivity contribution is -0.126. The average Bonchev–Trinajstić information content (AvgIpc) is 2.46. The molecule has 0 aliphatic carbocycles. The van der Waals surface area contributed by atoms with Crippen molar-refractivity contribution >= 4 is 35.0 Å². The third-order valence-electron chi connectivity index (χ3n) is 2.81. The number of benzene rings is 1. The predicted octanol–water partition coefficient (Wildman–Crippen LogP) is 2.30. The van der Waals surface area contributed by atoms with Crippen LogP contribution in [0.1, 0.15) is 18.9 Å². The smallest absolute Gasteiger partial charge is 0.237 e. The Morgan fingerprint density at radius 2 is 2.00 bits per heavy atom. The number of imide groups is 1. The number of carbonyl (C=O) groups excluding carboxylic acids is 2. The highest BCUT2D eigenvalue weighted by Crippen LogP contribution is 2.38. The lowest BCUT2D eigenvalue weighted by atomic mass is 9.81. The van der Waals surface area contributed by atoms with E-state index in [1.54, 1.807) is 25.1 Å². The van der Waals surface area contributed by atoms with Gasteiger partial charge in [0.25, 0.3) is 0 Å². The summed E-state index contributed by atoms with van der Waals surface area (Å²) in [5.41, 5.74) is -0.330. The third-order valence-corrected chi connectivity index (χ3v) is 3.63. The summed E-state index contributed by atoms with van der Waals surface area (Å²) >= 11 is 11.9. The van der Waals surface area contributed by atoms with Gasteiger partial charge in [0.15, 0.2) is 0 Å². The van der Waals surface area contributed by atoms with E-state index in [0.29, 0.717) is 15.6 Å². The summed E-state index contributed by atoms with van der Waals surface area (Å²) in [6.45, 7) is 1.69. The molecule has 0 saturated carbocycles. The number of nitrogens with one attached hydrogen (secondary N) is 1. The Labute approximate surface area is 103 Å². The van der Waals surface area contributed by atoms with Gasteiger partial charge in [-0.15, -0.1) is 0 Å². The molecule has 1 aromatic carbocycles. The SMILES string of the molecule is CC1(c2cccc(Cl)c2Cl)CC(=O)NC1=O. The molecule has 5 heteroatoms. The summed E-state index contributed by atoms with van der Waals surface area (Å²) in [6, 6.07) is 5.07. The second-order valence-electron chi connectivity index (χ2n) is 3.99. The van der Waals surface area contributed by atoms with Crippen LogP contribution in [0.5, 0.6) is 0 Å². The Kier molecular flexibility index (Phi) is 2.68. The number of halogens is 2. The zero-order valence-electron chi connectivity index (χ0n) is 8.51. The van der Waals surface area contributed by atoms with Gasteiger partial charge in [-0.05, 0) is 18.6 Å².